The zero-order chi connectivity index (χ0) is 11.7. The van der Waals surface area contributed by atoms with E-state index in [1.807, 2.05) is 0 Å². The summed E-state index contributed by atoms with van der Waals surface area (Å²) in [5, 5.41) is 3.24. The molecule has 0 spiro atoms. The van der Waals surface area contributed by atoms with Crippen molar-refractivity contribution in [3.8, 4) is 0 Å². The SMILES string of the molecule is ClCc1csc(N2CCCN3CCCC3C2)n1. The van der Waals surface area contributed by atoms with E-state index in [-0.39, 0.29) is 0 Å². The van der Waals surface area contributed by atoms with Gasteiger partial charge in [0, 0.05) is 31.1 Å². The Balaban J connectivity index is 1.74. The average Bonchev–Trinajstić information content (AvgIpc) is 2.94. The van der Waals surface area contributed by atoms with Crippen molar-refractivity contribution in [2.45, 2.75) is 31.2 Å². The van der Waals surface area contributed by atoms with E-state index in [9.17, 15) is 0 Å². The van der Waals surface area contributed by atoms with Crippen LogP contribution in [0.2, 0.25) is 0 Å². The van der Waals surface area contributed by atoms with Gasteiger partial charge in [0.2, 0.25) is 0 Å². The van der Waals surface area contributed by atoms with Crippen LogP contribution in [-0.2, 0) is 5.88 Å². The molecule has 94 valence electrons. The van der Waals surface area contributed by atoms with E-state index in [0.717, 1.165) is 30.0 Å². The lowest BCUT2D eigenvalue weighted by molar-refractivity contribution is 0.273. The minimum Gasteiger partial charge on any atom is -0.346 e. The number of aromatic nitrogens is 1. The zero-order valence-electron chi connectivity index (χ0n) is 9.94. The van der Waals surface area contributed by atoms with E-state index in [2.05, 4.69) is 20.2 Å². The molecular formula is C12H18ClN3S. The van der Waals surface area contributed by atoms with E-state index in [4.69, 9.17) is 11.6 Å². The molecule has 0 bridgehead atoms. The molecule has 2 aliphatic rings. The van der Waals surface area contributed by atoms with Crippen LogP contribution in [0, 0.1) is 0 Å². The van der Waals surface area contributed by atoms with Crippen LogP contribution in [0.25, 0.3) is 0 Å². The second kappa shape index (κ2) is 5.12. The molecule has 1 atom stereocenters. The molecule has 0 aliphatic carbocycles. The Morgan fingerprint density at radius 3 is 3.06 bits per heavy atom. The number of hydrogen-bond donors (Lipinski definition) is 0. The summed E-state index contributed by atoms with van der Waals surface area (Å²) < 4.78 is 0. The molecule has 1 unspecified atom stereocenters. The van der Waals surface area contributed by atoms with Gasteiger partial charge in [-0.25, -0.2) is 4.98 Å². The summed E-state index contributed by atoms with van der Waals surface area (Å²) in [6.07, 6.45) is 3.97. The number of nitrogens with zero attached hydrogens (tertiary/aromatic N) is 3. The second-order valence-electron chi connectivity index (χ2n) is 4.89. The minimum absolute atomic E-state index is 0.528. The predicted octanol–water partition coefficient (Wildman–Crippen LogP) is 2.56. The Bertz CT molecular complexity index is 382. The molecule has 2 saturated heterocycles. The van der Waals surface area contributed by atoms with Crippen LogP contribution in [0.1, 0.15) is 25.0 Å². The Hall–Kier alpha value is -0.320. The second-order valence-corrected chi connectivity index (χ2v) is 5.99. The van der Waals surface area contributed by atoms with Gasteiger partial charge in [-0.1, -0.05) is 0 Å². The maximum Gasteiger partial charge on any atom is 0.185 e. The fraction of sp³-hybridized carbons (Fsp3) is 0.750. The monoisotopic (exact) mass is 271 g/mol. The van der Waals surface area contributed by atoms with Crippen molar-refractivity contribution in [1.82, 2.24) is 9.88 Å². The first-order chi connectivity index (χ1) is 8.36. The van der Waals surface area contributed by atoms with Gasteiger partial charge in [-0.3, -0.25) is 4.90 Å². The van der Waals surface area contributed by atoms with Crippen LogP contribution in [0.5, 0.6) is 0 Å². The van der Waals surface area contributed by atoms with Gasteiger partial charge >= 0.3 is 0 Å². The van der Waals surface area contributed by atoms with Crippen LogP contribution in [-0.4, -0.2) is 42.1 Å². The van der Waals surface area contributed by atoms with Crippen molar-refractivity contribution >= 4 is 28.1 Å². The van der Waals surface area contributed by atoms with E-state index in [1.54, 1.807) is 11.3 Å². The van der Waals surface area contributed by atoms with Gasteiger partial charge in [-0.15, -0.1) is 22.9 Å². The lowest BCUT2D eigenvalue weighted by Crippen LogP contribution is -2.36. The molecule has 0 aromatic carbocycles. The van der Waals surface area contributed by atoms with Gasteiger partial charge in [0.25, 0.3) is 0 Å². The van der Waals surface area contributed by atoms with Crippen molar-refractivity contribution in [3.05, 3.63) is 11.1 Å². The largest absolute Gasteiger partial charge is 0.346 e. The van der Waals surface area contributed by atoms with Gasteiger partial charge < -0.3 is 4.90 Å². The molecule has 3 rings (SSSR count). The van der Waals surface area contributed by atoms with Crippen molar-refractivity contribution in [3.63, 3.8) is 0 Å². The van der Waals surface area contributed by atoms with Gasteiger partial charge in [0.1, 0.15) is 0 Å². The predicted molar refractivity (Wildman–Crippen MR) is 73.1 cm³/mol. The van der Waals surface area contributed by atoms with Crippen molar-refractivity contribution < 1.29 is 0 Å². The molecule has 0 saturated carbocycles. The Morgan fingerprint density at radius 2 is 2.24 bits per heavy atom. The van der Waals surface area contributed by atoms with Crippen molar-refractivity contribution in [1.29, 1.82) is 0 Å². The highest BCUT2D eigenvalue weighted by molar-refractivity contribution is 7.13. The highest BCUT2D eigenvalue weighted by Gasteiger charge is 2.29. The summed E-state index contributed by atoms with van der Waals surface area (Å²) in [6.45, 7) is 4.84. The van der Waals surface area contributed by atoms with Crippen LogP contribution in [0.15, 0.2) is 5.38 Å². The van der Waals surface area contributed by atoms with Gasteiger partial charge in [0.15, 0.2) is 5.13 Å². The zero-order valence-corrected chi connectivity index (χ0v) is 11.5. The highest BCUT2D eigenvalue weighted by atomic mass is 35.5. The molecule has 2 fully saturated rings. The van der Waals surface area contributed by atoms with E-state index in [1.165, 1.54) is 32.4 Å². The third kappa shape index (κ3) is 2.44. The smallest absolute Gasteiger partial charge is 0.185 e. The lowest BCUT2D eigenvalue weighted by Gasteiger charge is -2.25. The Labute approximate surface area is 111 Å². The topological polar surface area (TPSA) is 19.4 Å². The molecule has 17 heavy (non-hydrogen) atoms. The summed E-state index contributed by atoms with van der Waals surface area (Å²) in [4.78, 5) is 9.71. The summed E-state index contributed by atoms with van der Waals surface area (Å²) in [5.41, 5.74) is 1.01. The van der Waals surface area contributed by atoms with Crippen LogP contribution in [0.3, 0.4) is 0 Å². The van der Waals surface area contributed by atoms with Crippen molar-refractivity contribution in [2.75, 3.05) is 31.1 Å². The standard InChI is InChI=1S/C12H18ClN3S/c13-7-10-9-17-12(14-10)16-6-2-5-15-4-1-3-11(15)8-16/h9,11H,1-8H2. The van der Waals surface area contributed by atoms with Gasteiger partial charge in [-0.2, -0.15) is 0 Å². The summed E-state index contributed by atoms with van der Waals surface area (Å²) in [7, 11) is 0. The number of halogens is 1. The Morgan fingerprint density at radius 1 is 1.35 bits per heavy atom. The maximum atomic E-state index is 5.82. The van der Waals surface area contributed by atoms with Gasteiger partial charge in [0.05, 0.1) is 11.6 Å². The maximum absolute atomic E-state index is 5.82. The quantitative estimate of drug-likeness (QED) is 0.771. The van der Waals surface area contributed by atoms with Crippen molar-refractivity contribution in [2.24, 2.45) is 0 Å². The van der Waals surface area contributed by atoms with Crippen LogP contribution >= 0.6 is 22.9 Å². The van der Waals surface area contributed by atoms with Crippen LogP contribution in [0.4, 0.5) is 5.13 Å². The minimum atomic E-state index is 0.528. The first kappa shape index (κ1) is 11.8. The molecule has 0 N–H and O–H groups in total. The highest BCUT2D eigenvalue weighted by Crippen LogP contribution is 2.27. The normalized spacial score (nSPS) is 25.9. The molecule has 2 aliphatic heterocycles. The molecule has 5 heteroatoms. The number of fused-ring (bicyclic) bond motifs is 1. The average molecular weight is 272 g/mol. The summed E-state index contributed by atoms with van der Waals surface area (Å²) in [5.74, 6) is 0.528. The number of alkyl halides is 1. The van der Waals surface area contributed by atoms with E-state index < -0.39 is 0 Å². The number of anilines is 1. The fourth-order valence-electron chi connectivity index (χ4n) is 2.88. The lowest BCUT2D eigenvalue weighted by atomic mass is 10.2. The first-order valence-electron chi connectivity index (χ1n) is 6.36. The number of rotatable bonds is 2. The number of thiazole rings is 1. The molecule has 3 nitrogen and oxygen atoms in total. The van der Waals surface area contributed by atoms with Crippen LogP contribution < -0.4 is 4.90 Å². The van der Waals surface area contributed by atoms with Gasteiger partial charge in [-0.05, 0) is 25.8 Å². The first-order valence-corrected chi connectivity index (χ1v) is 7.77. The molecule has 0 radical (unpaired) electrons. The summed E-state index contributed by atoms with van der Waals surface area (Å²) in [6, 6.07) is 0.751. The third-order valence-electron chi connectivity index (χ3n) is 3.75. The molecule has 1 aromatic heterocycles. The fourth-order valence-corrected chi connectivity index (χ4v) is 3.97. The molecule has 0 amide bonds. The van der Waals surface area contributed by atoms with E-state index >= 15 is 0 Å². The summed E-state index contributed by atoms with van der Waals surface area (Å²) >= 11 is 7.55. The third-order valence-corrected chi connectivity index (χ3v) is 4.97. The Kier molecular flexibility index (Phi) is 3.54. The molecular weight excluding hydrogens is 254 g/mol. The molecule has 1 aromatic rings. The number of hydrogen-bond acceptors (Lipinski definition) is 4. The van der Waals surface area contributed by atoms with E-state index in [0.29, 0.717) is 5.88 Å². The molecule has 3 heterocycles.